The van der Waals surface area contributed by atoms with Gasteiger partial charge < -0.3 is 10.2 Å². The second-order valence-electron chi connectivity index (χ2n) is 5.30. The maximum absolute atomic E-state index is 12.7. The van der Waals surface area contributed by atoms with E-state index in [1.165, 1.54) is 0 Å². The minimum Gasteiger partial charge on any atom is -0.336 e. The molecule has 98 valence electrons. The lowest BCUT2D eigenvalue weighted by Crippen LogP contribution is -2.48. The zero-order valence-electron chi connectivity index (χ0n) is 11.5. The summed E-state index contributed by atoms with van der Waals surface area (Å²) < 4.78 is 0. The van der Waals surface area contributed by atoms with E-state index in [4.69, 9.17) is 0 Å². The van der Waals surface area contributed by atoms with Crippen LogP contribution >= 0.6 is 0 Å². The van der Waals surface area contributed by atoms with E-state index in [0.29, 0.717) is 12.5 Å². The van der Waals surface area contributed by atoms with Crippen LogP contribution in [0.5, 0.6) is 0 Å². The fourth-order valence-electron chi connectivity index (χ4n) is 2.70. The van der Waals surface area contributed by atoms with Crippen LogP contribution < -0.4 is 5.32 Å². The molecule has 0 bridgehead atoms. The summed E-state index contributed by atoms with van der Waals surface area (Å²) in [6.07, 6.45) is 4.84. The first kappa shape index (κ1) is 14.2. The van der Waals surface area contributed by atoms with Crippen LogP contribution in [0.2, 0.25) is 0 Å². The second-order valence-corrected chi connectivity index (χ2v) is 5.30. The topological polar surface area (TPSA) is 32.3 Å². The molecule has 1 fully saturated rings. The van der Waals surface area contributed by atoms with E-state index < -0.39 is 0 Å². The molecule has 1 saturated heterocycles. The highest BCUT2D eigenvalue weighted by molar-refractivity contribution is 5.83. The summed E-state index contributed by atoms with van der Waals surface area (Å²) in [5.74, 6) is 0.305. The third kappa shape index (κ3) is 3.09. The molecule has 0 spiro atoms. The average Bonchev–Trinajstić information content (AvgIpc) is 2.75. The third-order valence-corrected chi connectivity index (χ3v) is 3.64. The SMILES string of the molecule is C=CCN(C(=O)C1(CCC)CCNC1)C(C)C. The van der Waals surface area contributed by atoms with Crippen molar-refractivity contribution in [3.8, 4) is 0 Å². The molecule has 0 radical (unpaired) electrons. The molecule has 0 aromatic heterocycles. The Morgan fingerprint density at radius 1 is 1.59 bits per heavy atom. The summed E-state index contributed by atoms with van der Waals surface area (Å²) >= 11 is 0. The Bertz CT molecular complexity index is 267. The normalized spacial score (nSPS) is 24.0. The molecule has 3 heteroatoms. The lowest BCUT2D eigenvalue weighted by molar-refractivity contribution is -0.142. The van der Waals surface area contributed by atoms with Crippen LogP contribution in [0.25, 0.3) is 0 Å². The minimum atomic E-state index is -0.165. The molecule has 3 nitrogen and oxygen atoms in total. The first-order valence-corrected chi connectivity index (χ1v) is 6.70. The fraction of sp³-hybridized carbons (Fsp3) is 0.786. The molecule has 1 N–H and O–H groups in total. The molecule has 1 amide bonds. The van der Waals surface area contributed by atoms with Crippen molar-refractivity contribution in [3.05, 3.63) is 12.7 Å². The number of amides is 1. The van der Waals surface area contributed by atoms with Crippen molar-refractivity contribution >= 4 is 5.91 Å². The Morgan fingerprint density at radius 3 is 2.71 bits per heavy atom. The molecular formula is C14H26N2O. The van der Waals surface area contributed by atoms with Crippen LogP contribution in [0.15, 0.2) is 12.7 Å². The van der Waals surface area contributed by atoms with E-state index in [1.807, 2.05) is 11.0 Å². The Kier molecular flexibility index (Phi) is 5.19. The van der Waals surface area contributed by atoms with Gasteiger partial charge in [0.1, 0.15) is 0 Å². The Balaban J connectivity index is 2.85. The Labute approximate surface area is 105 Å². The van der Waals surface area contributed by atoms with Gasteiger partial charge in [0, 0.05) is 19.1 Å². The monoisotopic (exact) mass is 238 g/mol. The van der Waals surface area contributed by atoms with E-state index in [2.05, 4.69) is 32.7 Å². The van der Waals surface area contributed by atoms with Gasteiger partial charge in [0.15, 0.2) is 0 Å². The Hall–Kier alpha value is -0.830. The standard InChI is InChI=1S/C14H26N2O/c1-5-7-14(8-9-15-11-14)13(17)16(10-6-2)12(3)4/h6,12,15H,2,5,7-11H2,1,3-4H3. The largest absolute Gasteiger partial charge is 0.336 e. The highest BCUT2D eigenvalue weighted by Crippen LogP contribution is 2.33. The molecule has 17 heavy (non-hydrogen) atoms. The zero-order chi connectivity index (χ0) is 12.9. The smallest absolute Gasteiger partial charge is 0.230 e. The molecular weight excluding hydrogens is 212 g/mol. The summed E-state index contributed by atoms with van der Waals surface area (Å²) in [7, 11) is 0. The molecule has 1 unspecified atom stereocenters. The van der Waals surface area contributed by atoms with Gasteiger partial charge in [-0.15, -0.1) is 6.58 Å². The van der Waals surface area contributed by atoms with Gasteiger partial charge in [0.2, 0.25) is 5.91 Å². The minimum absolute atomic E-state index is 0.165. The molecule has 1 atom stereocenters. The van der Waals surface area contributed by atoms with Gasteiger partial charge in [0.05, 0.1) is 5.41 Å². The van der Waals surface area contributed by atoms with Crippen LogP contribution in [-0.2, 0) is 4.79 Å². The van der Waals surface area contributed by atoms with E-state index in [-0.39, 0.29) is 11.5 Å². The van der Waals surface area contributed by atoms with Gasteiger partial charge in [-0.05, 0) is 33.2 Å². The van der Waals surface area contributed by atoms with Crippen molar-refractivity contribution in [1.29, 1.82) is 0 Å². The quantitative estimate of drug-likeness (QED) is 0.719. The number of carbonyl (C=O) groups excluding carboxylic acids is 1. The summed E-state index contributed by atoms with van der Waals surface area (Å²) in [6, 6.07) is 0.245. The van der Waals surface area contributed by atoms with Crippen LogP contribution in [0, 0.1) is 5.41 Å². The van der Waals surface area contributed by atoms with Crippen molar-refractivity contribution < 1.29 is 4.79 Å². The van der Waals surface area contributed by atoms with Gasteiger partial charge in [-0.2, -0.15) is 0 Å². The van der Waals surface area contributed by atoms with Crippen molar-refractivity contribution in [2.75, 3.05) is 19.6 Å². The van der Waals surface area contributed by atoms with E-state index in [9.17, 15) is 4.79 Å². The lowest BCUT2D eigenvalue weighted by Gasteiger charge is -2.35. The predicted octanol–water partition coefficient (Wildman–Crippen LogP) is 2.19. The summed E-state index contributed by atoms with van der Waals surface area (Å²) in [5, 5.41) is 3.34. The summed E-state index contributed by atoms with van der Waals surface area (Å²) in [5.41, 5.74) is -0.165. The number of hydrogen-bond acceptors (Lipinski definition) is 2. The molecule has 0 aliphatic carbocycles. The predicted molar refractivity (Wildman–Crippen MR) is 71.9 cm³/mol. The number of nitrogens with one attached hydrogen (secondary N) is 1. The molecule has 0 aromatic carbocycles. The number of rotatable bonds is 6. The highest BCUT2D eigenvalue weighted by Gasteiger charge is 2.42. The van der Waals surface area contributed by atoms with Crippen molar-refractivity contribution in [3.63, 3.8) is 0 Å². The first-order valence-electron chi connectivity index (χ1n) is 6.70. The van der Waals surface area contributed by atoms with Gasteiger partial charge in [-0.1, -0.05) is 19.4 Å². The summed E-state index contributed by atoms with van der Waals surface area (Å²) in [6.45, 7) is 12.5. The number of carbonyl (C=O) groups is 1. The molecule has 0 aromatic rings. The number of hydrogen-bond donors (Lipinski definition) is 1. The van der Waals surface area contributed by atoms with Crippen LogP contribution in [0.3, 0.4) is 0 Å². The maximum Gasteiger partial charge on any atom is 0.230 e. The molecule has 1 aliphatic rings. The Morgan fingerprint density at radius 2 is 2.29 bits per heavy atom. The molecule has 1 aliphatic heterocycles. The van der Waals surface area contributed by atoms with E-state index >= 15 is 0 Å². The lowest BCUT2D eigenvalue weighted by atomic mass is 9.80. The zero-order valence-corrected chi connectivity index (χ0v) is 11.5. The van der Waals surface area contributed by atoms with Crippen molar-refractivity contribution in [1.82, 2.24) is 10.2 Å². The number of nitrogens with zero attached hydrogens (tertiary/aromatic N) is 1. The van der Waals surface area contributed by atoms with E-state index in [0.717, 1.165) is 32.4 Å². The average molecular weight is 238 g/mol. The van der Waals surface area contributed by atoms with Crippen LogP contribution in [-0.4, -0.2) is 36.5 Å². The fourth-order valence-corrected chi connectivity index (χ4v) is 2.70. The van der Waals surface area contributed by atoms with Gasteiger partial charge in [-0.25, -0.2) is 0 Å². The first-order chi connectivity index (χ1) is 8.07. The van der Waals surface area contributed by atoms with E-state index in [1.54, 1.807) is 0 Å². The van der Waals surface area contributed by atoms with Gasteiger partial charge in [0.25, 0.3) is 0 Å². The highest BCUT2D eigenvalue weighted by atomic mass is 16.2. The van der Waals surface area contributed by atoms with Crippen molar-refractivity contribution in [2.45, 2.75) is 46.1 Å². The molecule has 0 saturated carbocycles. The van der Waals surface area contributed by atoms with Gasteiger partial charge in [-0.3, -0.25) is 4.79 Å². The molecule has 1 heterocycles. The van der Waals surface area contributed by atoms with Crippen molar-refractivity contribution in [2.24, 2.45) is 5.41 Å². The second kappa shape index (κ2) is 6.20. The van der Waals surface area contributed by atoms with Crippen LogP contribution in [0.1, 0.15) is 40.0 Å². The van der Waals surface area contributed by atoms with Gasteiger partial charge >= 0.3 is 0 Å². The molecule has 1 rings (SSSR count). The third-order valence-electron chi connectivity index (χ3n) is 3.64. The maximum atomic E-state index is 12.7. The summed E-state index contributed by atoms with van der Waals surface area (Å²) in [4.78, 5) is 14.7. The van der Waals surface area contributed by atoms with Crippen LogP contribution in [0.4, 0.5) is 0 Å².